The molecule has 1 atom stereocenters. The zero-order valence-corrected chi connectivity index (χ0v) is 13.2. The number of rotatable bonds is 5. The van der Waals surface area contributed by atoms with Gasteiger partial charge in [-0.2, -0.15) is 0 Å². The van der Waals surface area contributed by atoms with E-state index in [-0.39, 0.29) is 6.10 Å². The Morgan fingerprint density at radius 2 is 1.86 bits per heavy atom. The Balaban J connectivity index is 1.47. The van der Waals surface area contributed by atoms with Gasteiger partial charge in [-0.3, -0.25) is 4.90 Å². The quantitative estimate of drug-likeness (QED) is 0.837. The third-order valence-electron chi connectivity index (χ3n) is 3.81. The van der Waals surface area contributed by atoms with Gasteiger partial charge in [0.05, 0.1) is 12.7 Å². The van der Waals surface area contributed by atoms with Crippen LogP contribution in [0.3, 0.4) is 0 Å². The maximum absolute atomic E-state index is 5.87. The Morgan fingerprint density at radius 3 is 2.64 bits per heavy atom. The minimum atomic E-state index is 0.158. The first kappa shape index (κ1) is 15.3. The number of ether oxygens (including phenoxy) is 2. The summed E-state index contributed by atoms with van der Waals surface area (Å²) in [6.07, 6.45) is 0.158. The van der Waals surface area contributed by atoms with E-state index in [1.54, 1.807) is 0 Å². The van der Waals surface area contributed by atoms with Crippen LogP contribution < -0.4 is 4.74 Å². The molecule has 1 unspecified atom stereocenters. The van der Waals surface area contributed by atoms with Crippen molar-refractivity contribution in [2.75, 3.05) is 32.8 Å². The van der Waals surface area contributed by atoms with Crippen LogP contribution in [0.15, 0.2) is 54.6 Å². The summed E-state index contributed by atoms with van der Waals surface area (Å²) in [7, 11) is 0. The summed E-state index contributed by atoms with van der Waals surface area (Å²) in [5, 5.41) is 0.728. The zero-order valence-electron chi connectivity index (χ0n) is 12.5. The lowest BCUT2D eigenvalue weighted by molar-refractivity contribution is -0.0329. The van der Waals surface area contributed by atoms with Crippen molar-refractivity contribution in [1.29, 1.82) is 0 Å². The van der Waals surface area contributed by atoms with Gasteiger partial charge in [0.2, 0.25) is 0 Å². The first-order valence-corrected chi connectivity index (χ1v) is 7.96. The van der Waals surface area contributed by atoms with Crippen LogP contribution >= 0.6 is 11.6 Å². The minimum absolute atomic E-state index is 0.158. The van der Waals surface area contributed by atoms with Crippen molar-refractivity contribution in [1.82, 2.24) is 4.90 Å². The molecule has 0 amide bonds. The Morgan fingerprint density at radius 1 is 1.09 bits per heavy atom. The van der Waals surface area contributed by atoms with Gasteiger partial charge in [-0.1, -0.05) is 41.9 Å². The lowest BCUT2D eigenvalue weighted by Gasteiger charge is -2.33. The smallest absolute Gasteiger partial charge is 0.119 e. The second-order valence-corrected chi connectivity index (χ2v) is 5.81. The van der Waals surface area contributed by atoms with Crippen LogP contribution in [0.25, 0.3) is 0 Å². The minimum Gasteiger partial charge on any atom is -0.492 e. The second-order valence-electron chi connectivity index (χ2n) is 5.37. The summed E-state index contributed by atoms with van der Waals surface area (Å²) in [5.41, 5.74) is 1.24. The van der Waals surface area contributed by atoms with Crippen LogP contribution in [0.4, 0.5) is 0 Å². The van der Waals surface area contributed by atoms with Crippen LogP contribution in [-0.2, 0) is 4.74 Å². The molecule has 0 bridgehead atoms. The largest absolute Gasteiger partial charge is 0.492 e. The number of morpholine rings is 1. The van der Waals surface area contributed by atoms with E-state index in [1.165, 1.54) is 5.56 Å². The summed E-state index contributed by atoms with van der Waals surface area (Å²) in [4.78, 5) is 2.39. The van der Waals surface area contributed by atoms with Crippen LogP contribution in [0, 0.1) is 0 Å². The molecule has 1 aliphatic heterocycles. The summed E-state index contributed by atoms with van der Waals surface area (Å²) in [5.74, 6) is 0.859. The van der Waals surface area contributed by atoms with E-state index in [4.69, 9.17) is 21.1 Å². The van der Waals surface area contributed by atoms with Gasteiger partial charge in [-0.15, -0.1) is 0 Å². The van der Waals surface area contributed by atoms with Gasteiger partial charge in [0.25, 0.3) is 0 Å². The third-order valence-corrected chi connectivity index (χ3v) is 4.06. The molecule has 0 radical (unpaired) electrons. The van der Waals surface area contributed by atoms with Gasteiger partial charge in [-0.25, -0.2) is 0 Å². The predicted octanol–water partition coefficient (Wildman–Crippen LogP) is 3.79. The molecule has 1 heterocycles. The number of nitrogens with zero attached hydrogens (tertiary/aromatic N) is 1. The standard InChI is InChI=1S/C18H20ClNO2/c19-16-6-8-17(9-7-16)21-12-10-20-11-13-22-18(14-20)15-4-2-1-3-5-15/h1-9,18H,10-14H2. The Labute approximate surface area is 136 Å². The molecule has 1 aliphatic rings. The van der Waals surface area contributed by atoms with Gasteiger partial charge in [0.15, 0.2) is 0 Å². The first-order chi connectivity index (χ1) is 10.8. The average molecular weight is 318 g/mol. The maximum Gasteiger partial charge on any atom is 0.119 e. The molecule has 0 saturated carbocycles. The normalized spacial score (nSPS) is 19.0. The van der Waals surface area contributed by atoms with Crippen molar-refractivity contribution in [3.8, 4) is 5.75 Å². The van der Waals surface area contributed by atoms with Crippen molar-refractivity contribution >= 4 is 11.6 Å². The third kappa shape index (κ3) is 4.23. The van der Waals surface area contributed by atoms with E-state index in [1.807, 2.05) is 30.3 Å². The highest BCUT2D eigenvalue weighted by molar-refractivity contribution is 6.30. The summed E-state index contributed by atoms with van der Waals surface area (Å²) in [6, 6.07) is 17.9. The van der Waals surface area contributed by atoms with E-state index in [2.05, 4.69) is 29.2 Å². The van der Waals surface area contributed by atoms with Crippen LogP contribution in [0.1, 0.15) is 11.7 Å². The number of hydrogen-bond acceptors (Lipinski definition) is 3. The molecule has 0 N–H and O–H groups in total. The lowest BCUT2D eigenvalue weighted by atomic mass is 10.1. The number of hydrogen-bond donors (Lipinski definition) is 0. The second kappa shape index (κ2) is 7.63. The van der Waals surface area contributed by atoms with Crippen molar-refractivity contribution in [2.45, 2.75) is 6.10 Å². The van der Waals surface area contributed by atoms with Crippen molar-refractivity contribution < 1.29 is 9.47 Å². The van der Waals surface area contributed by atoms with Crippen molar-refractivity contribution in [3.63, 3.8) is 0 Å². The highest BCUT2D eigenvalue weighted by Gasteiger charge is 2.21. The lowest BCUT2D eigenvalue weighted by Crippen LogP contribution is -2.40. The van der Waals surface area contributed by atoms with Crippen molar-refractivity contribution in [2.24, 2.45) is 0 Å². The fourth-order valence-corrected chi connectivity index (χ4v) is 2.72. The maximum atomic E-state index is 5.87. The molecule has 3 rings (SSSR count). The fourth-order valence-electron chi connectivity index (χ4n) is 2.60. The molecular formula is C18H20ClNO2. The monoisotopic (exact) mass is 317 g/mol. The highest BCUT2D eigenvalue weighted by atomic mass is 35.5. The van der Waals surface area contributed by atoms with Crippen LogP contribution in [0.2, 0.25) is 5.02 Å². The van der Waals surface area contributed by atoms with Gasteiger partial charge >= 0.3 is 0 Å². The molecule has 4 heteroatoms. The molecule has 22 heavy (non-hydrogen) atoms. The van der Waals surface area contributed by atoms with E-state index in [0.29, 0.717) is 6.61 Å². The van der Waals surface area contributed by atoms with Crippen LogP contribution in [-0.4, -0.2) is 37.7 Å². The summed E-state index contributed by atoms with van der Waals surface area (Å²) >= 11 is 5.86. The Kier molecular flexibility index (Phi) is 5.33. The topological polar surface area (TPSA) is 21.7 Å². The van der Waals surface area contributed by atoms with Crippen molar-refractivity contribution in [3.05, 3.63) is 65.2 Å². The van der Waals surface area contributed by atoms with E-state index < -0.39 is 0 Å². The molecule has 1 saturated heterocycles. The van der Waals surface area contributed by atoms with Gasteiger partial charge < -0.3 is 9.47 Å². The van der Waals surface area contributed by atoms with Crippen LogP contribution in [0.5, 0.6) is 5.75 Å². The number of halogens is 1. The Hall–Kier alpha value is -1.55. The van der Waals surface area contributed by atoms with Gasteiger partial charge in [0, 0.05) is 24.7 Å². The molecule has 2 aromatic rings. The summed E-state index contributed by atoms with van der Waals surface area (Å²) in [6.45, 7) is 4.19. The summed E-state index contributed by atoms with van der Waals surface area (Å²) < 4.78 is 11.6. The average Bonchev–Trinajstić information content (AvgIpc) is 2.58. The van der Waals surface area contributed by atoms with E-state index >= 15 is 0 Å². The molecule has 116 valence electrons. The SMILES string of the molecule is Clc1ccc(OCCN2CCOC(c3ccccc3)C2)cc1. The molecule has 1 fully saturated rings. The highest BCUT2D eigenvalue weighted by Crippen LogP contribution is 2.22. The molecule has 0 aliphatic carbocycles. The van der Waals surface area contributed by atoms with Gasteiger partial charge in [0.1, 0.15) is 12.4 Å². The fraction of sp³-hybridized carbons (Fsp3) is 0.333. The molecule has 3 nitrogen and oxygen atoms in total. The predicted molar refractivity (Wildman–Crippen MR) is 88.5 cm³/mol. The molecule has 0 spiro atoms. The number of benzene rings is 2. The Bertz CT molecular complexity index is 573. The molecular weight excluding hydrogens is 298 g/mol. The zero-order chi connectivity index (χ0) is 15.2. The first-order valence-electron chi connectivity index (χ1n) is 7.58. The van der Waals surface area contributed by atoms with Gasteiger partial charge in [-0.05, 0) is 29.8 Å². The molecule has 0 aromatic heterocycles. The van der Waals surface area contributed by atoms with E-state index in [0.717, 1.165) is 37.0 Å². The van der Waals surface area contributed by atoms with E-state index in [9.17, 15) is 0 Å². The molecule has 2 aromatic carbocycles.